The Morgan fingerprint density at radius 2 is 1.95 bits per heavy atom. The number of anilines is 1. The normalized spacial score (nSPS) is 11.9. The number of hydrogen-bond acceptors (Lipinski definition) is 3. The maximum atomic E-state index is 12.8. The number of alkyl halides is 3. The average molecular weight is 301 g/mol. The van der Waals surface area contributed by atoms with Crippen LogP contribution in [0.1, 0.15) is 36.7 Å². The summed E-state index contributed by atoms with van der Waals surface area (Å²) >= 11 is 0. The van der Waals surface area contributed by atoms with E-state index in [0.29, 0.717) is 5.69 Å². The fourth-order valence-electron chi connectivity index (χ4n) is 1.61. The van der Waals surface area contributed by atoms with Crippen molar-refractivity contribution in [2.24, 2.45) is 0 Å². The molecule has 6 heteroatoms. The average Bonchev–Trinajstić information content (AvgIpc) is 2.33. The van der Waals surface area contributed by atoms with Crippen LogP contribution >= 0.6 is 0 Å². The van der Waals surface area contributed by atoms with Crippen LogP contribution in [0.3, 0.4) is 0 Å². The molecular formula is C15H18F3NO2. The van der Waals surface area contributed by atoms with Crippen LogP contribution in [0.5, 0.6) is 0 Å². The Bertz CT molecular complexity index is 531. The summed E-state index contributed by atoms with van der Waals surface area (Å²) in [4.78, 5) is 11.9. The first-order chi connectivity index (χ1) is 9.54. The summed E-state index contributed by atoms with van der Waals surface area (Å²) in [6.07, 6.45) is -3.17. The SMILES string of the molecule is C=CCOC(=O)c1cc(C(F)(F)F)ccc1NC(C)(C)C. The van der Waals surface area contributed by atoms with E-state index in [4.69, 9.17) is 4.74 Å². The highest BCUT2D eigenvalue weighted by molar-refractivity contribution is 5.96. The summed E-state index contributed by atoms with van der Waals surface area (Å²) in [6, 6.07) is 2.95. The third kappa shape index (κ3) is 5.13. The molecule has 1 aromatic rings. The molecule has 0 spiro atoms. The number of carbonyl (C=O) groups is 1. The molecule has 0 unspecified atom stereocenters. The monoisotopic (exact) mass is 301 g/mol. The molecule has 1 aromatic carbocycles. The summed E-state index contributed by atoms with van der Waals surface area (Å²) < 4.78 is 43.1. The molecule has 0 bridgehead atoms. The minimum Gasteiger partial charge on any atom is -0.458 e. The zero-order valence-electron chi connectivity index (χ0n) is 12.2. The largest absolute Gasteiger partial charge is 0.458 e. The lowest BCUT2D eigenvalue weighted by atomic mass is 10.0. The van der Waals surface area contributed by atoms with Gasteiger partial charge in [-0.1, -0.05) is 12.7 Å². The van der Waals surface area contributed by atoms with Crippen molar-refractivity contribution >= 4 is 11.7 Å². The van der Waals surface area contributed by atoms with Gasteiger partial charge in [0.15, 0.2) is 0 Å². The Kier molecular flexibility index (Phi) is 5.04. The number of rotatable bonds is 4. The first kappa shape index (κ1) is 17.1. The first-order valence-corrected chi connectivity index (χ1v) is 6.32. The van der Waals surface area contributed by atoms with Crippen molar-refractivity contribution in [3.05, 3.63) is 42.0 Å². The molecule has 21 heavy (non-hydrogen) atoms. The molecular weight excluding hydrogens is 283 g/mol. The van der Waals surface area contributed by atoms with Crippen molar-refractivity contribution in [1.29, 1.82) is 0 Å². The lowest BCUT2D eigenvalue weighted by Gasteiger charge is -2.24. The van der Waals surface area contributed by atoms with Crippen LogP contribution in [0, 0.1) is 0 Å². The van der Waals surface area contributed by atoms with Crippen LogP contribution in [0.25, 0.3) is 0 Å². The fourth-order valence-corrected chi connectivity index (χ4v) is 1.61. The number of ether oxygens (including phenoxy) is 1. The predicted molar refractivity (Wildman–Crippen MR) is 75.3 cm³/mol. The molecule has 1 rings (SSSR count). The van der Waals surface area contributed by atoms with Crippen LogP contribution in [0.4, 0.5) is 18.9 Å². The Labute approximate surface area is 121 Å². The van der Waals surface area contributed by atoms with Crippen molar-refractivity contribution in [2.45, 2.75) is 32.5 Å². The second-order valence-corrected chi connectivity index (χ2v) is 5.52. The fraction of sp³-hybridized carbons (Fsp3) is 0.400. The van der Waals surface area contributed by atoms with Crippen molar-refractivity contribution < 1.29 is 22.7 Å². The van der Waals surface area contributed by atoms with Gasteiger partial charge in [0, 0.05) is 11.2 Å². The number of nitrogens with one attached hydrogen (secondary N) is 1. The van der Waals surface area contributed by atoms with Crippen LogP contribution in [0.2, 0.25) is 0 Å². The van der Waals surface area contributed by atoms with E-state index in [1.165, 1.54) is 12.1 Å². The molecule has 1 N–H and O–H groups in total. The first-order valence-electron chi connectivity index (χ1n) is 6.32. The van der Waals surface area contributed by atoms with Crippen molar-refractivity contribution in [3.8, 4) is 0 Å². The molecule has 0 aliphatic rings. The molecule has 0 saturated carbocycles. The van der Waals surface area contributed by atoms with Gasteiger partial charge >= 0.3 is 12.1 Å². The highest BCUT2D eigenvalue weighted by Crippen LogP contribution is 2.32. The molecule has 0 aromatic heterocycles. The number of esters is 1. The Hall–Kier alpha value is -1.98. The number of halogens is 3. The molecule has 0 fully saturated rings. The highest BCUT2D eigenvalue weighted by Gasteiger charge is 2.32. The quantitative estimate of drug-likeness (QED) is 0.667. The summed E-state index contributed by atoms with van der Waals surface area (Å²) in [6.45, 7) is 8.84. The van der Waals surface area contributed by atoms with Gasteiger partial charge in [-0.05, 0) is 39.0 Å². The van der Waals surface area contributed by atoms with E-state index in [1.807, 2.05) is 20.8 Å². The van der Waals surface area contributed by atoms with Gasteiger partial charge in [0.25, 0.3) is 0 Å². The molecule has 0 saturated heterocycles. The van der Waals surface area contributed by atoms with Crippen molar-refractivity contribution in [2.75, 3.05) is 11.9 Å². The van der Waals surface area contributed by atoms with E-state index in [0.717, 1.165) is 12.1 Å². The van der Waals surface area contributed by atoms with Gasteiger partial charge < -0.3 is 10.1 Å². The molecule has 0 atom stereocenters. The van der Waals surface area contributed by atoms with Gasteiger partial charge in [-0.2, -0.15) is 13.2 Å². The number of hydrogen-bond donors (Lipinski definition) is 1. The summed E-state index contributed by atoms with van der Waals surface area (Å²) in [5.41, 5.74) is -1.16. The molecule has 0 radical (unpaired) electrons. The van der Waals surface area contributed by atoms with Gasteiger partial charge in [0.05, 0.1) is 11.1 Å². The Balaban J connectivity index is 3.24. The van der Waals surface area contributed by atoms with Gasteiger partial charge in [-0.15, -0.1) is 0 Å². The lowest BCUT2D eigenvalue weighted by Crippen LogP contribution is -2.27. The topological polar surface area (TPSA) is 38.3 Å². The number of benzene rings is 1. The minimum absolute atomic E-state index is 0.0654. The lowest BCUT2D eigenvalue weighted by molar-refractivity contribution is -0.137. The Morgan fingerprint density at radius 3 is 2.43 bits per heavy atom. The second-order valence-electron chi connectivity index (χ2n) is 5.52. The van der Waals surface area contributed by atoms with Gasteiger partial charge in [-0.25, -0.2) is 4.79 Å². The van der Waals surface area contributed by atoms with E-state index in [2.05, 4.69) is 11.9 Å². The molecule has 3 nitrogen and oxygen atoms in total. The van der Waals surface area contributed by atoms with Crippen molar-refractivity contribution in [1.82, 2.24) is 0 Å². The zero-order valence-corrected chi connectivity index (χ0v) is 12.2. The van der Waals surface area contributed by atoms with Gasteiger partial charge in [0.2, 0.25) is 0 Å². The standard InChI is InChI=1S/C15H18F3NO2/c1-5-8-21-13(20)11-9-10(15(16,17)18)6-7-12(11)19-14(2,3)4/h5-7,9,19H,1,8H2,2-4H3. The van der Waals surface area contributed by atoms with E-state index < -0.39 is 23.2 Å². The van der Waals surface area contributed by atoms with E-state index >= 15 is 0 Å². The number of carbonyl (C=O) groups excluding carboxylic acids is 1. The molecule has 0 aliphatic heterocycles. The smallest absolute Gasteiger partial charge is 0.416 e. The van der Waals surface area contributed by atoms with E-state index in [-0.39, 0.29) is 12.2 Å². The predicted octanol–water partition coefficient (Wildman–Crippen LogP) is 4.26. The third-order valence-electron chi connectivity index (χ3n) is 2.41. The van der Waals surface area contributed by atoms with Crippen LogP contribution in [-0.4, -0.2) is 18.1 Å². The van der Waals surface area contributed by atoms with Crippen LogP contribution in [0.15, 0.2) is 30.9 Å². The maximum absolute atomic E-state index is 12.8. The molecule has 116 valence electrons. The second kappa shape index (κ2) is 6.20. The van der Waals surface area contributed by atoms with E-state index in [1.54, 1.807) is 0 Å². The molecule has 0 aliphatic carbocycles. The summed E-state index contributed by atoms with van der Waals surface area (Å²) in [5, 5.41) is 2.99. The van der Waals surface area contributed by atoms with Gasteiger partial charge in [0.1, 0.15) is 6.61 Å². The highest BCUT2D eigenvalue weighted by atomic mass is 19.4. The van der Waals surface area contributed by atoms with Gasteiger partial charge in [-0.3, -0.25) is 0 Å². The van der Waals surface area contributed by atoms with Crippen LogP contribution in [-0.2, 0) is 10.9 Å². The molecule has 0 amide bonds. The van der Waals surface area contributed by atoms with E-state index in [9.17, 15) is 18.0 Å². The summed E-state index contributed by atoms with van der Waals surface area (Å²) in [5.74, 6) is -0.826. The Morgan fingerprint density at radius 1 is 1.33 bits per heavy atom. The zero-order chi connectivity index (χ0) is 16.3. The maximum Gasteiger partial charge on any atom is 0.416 e. The molecule has 0 heterocycles. The summed E-state index contributed by atoms with van der Waals surface area (Å²) in [7, 11) is 0. The van der Waals surface area contributed by atoms with Crippen LogP contribution < -0.4 is 5.32 Å². The van der Waals surface area contributed by atoms with Crippen molar-refractivity contribution in [3.63, 3.8) is 0 Å². The minimum atomic E-state index is -4.52. The third-order valence-corrected chi connectivity index (χ3v) is 2.41.